The van der Waals surface area contributed by atoms with E-state index in [4.69, 9.17) is 4.74 Å². The summed E-state index contributed by atoms with van der Waals surface area (Å²) in [6.45, 7) is 1.34. The molecule has 1 aliphatic rings. The Kier molecular flexibility index (Phi) is 3.66. The molecule has 0 saturated heterocycles. The molecule has 0 heterocycles. The topological polar surface area (TPSA) is 38.3 Å². The third kappa shape index (κ3) is 2.97. The first-order chi connectivity index (χ1) is 8.06. The molecule has 0 aliphatic heterocycles. The number of rotatable bonds is 3. The maximum Gasteiger partial charge on any atom is 0.221 e. The van der Waals surface area contributed by atoms with E-state index in [1.165, 1.54) is 13.0 Å². The lowest BCUT2D eigenvalue weighted by Crippen LogP contribution is -2.25. The van der Waals surface area contributed by atoms with Crippen molar-refractivity contribution in [2.75, 3.05) is 5.32 Å². The zero-order chi connectivity index (χ0) is 12.4. The van der Waals surface area contributed by atoms with Gasteiger partial charge in [0, 0.05) is 11.4 Å². The number of ether oxygens (including phenoxy) is 1. The van der Waals surface area contributed by atoms with E-state index in [1.807, 2.05) is 0 Å². The molecule has 5 heteroatoms. The first-order valence-electron chi connectivity index (χ1n) is 5.49. The van der Waals surface area contributed by atoms with Crippen LogP contribution in [-0.4, -0.2) is 12.0 Å². The molecule has 92 valence electrons. The van der Waals surface area contributed by atoms with Gasteiger partial charge in [0.1, 0.15) is 11.4 Å². The third-order valence-electron chi connectivity index (χ3n) is 2.67. The largest absolute Gasteiger partial charge is 0.488 e. The van der Waals surface area contributed by atoms with E-state index in [2.05, 4.69) is 21.2 Å². The Labute approximate surface area is 107 Å². The second-order valence-electron chi connectivity index (χ2n) is 4.11. The predicted molar refractivity (Wildman–Crippen MR) is 66.7 cm³/mol. The maximum absolute atomic E-state index is 13.7. The van der Waals surface area contributed by atoms with Gasteiger partial charge in [-0.25, -0.2) is 4.39 Å². The average molecular weight is 302 g/mol. The number of carbonyl (C=O) groups is 1. The Morgan fingerprint density at radius 2 is 2.24 bits per heavy atom. The molecular weight excluding hydrogens is 289 g/mol. The van der Waals surface area contributed by atoms with Crippen molar-refractivity contribution in [1.82, 2.24) is 0 Å². The summed E-state index contributed by atoms with van der Waals surface area (Å²) in [6.07, 6.45) is 3.23. The van der Waals surface area contributed by atoms with Crippen LogP contribution in [0.4, 0.5) is 10.1 Å². The van der Waals surface area contributed by atoms with Crippen molar-refractivity contribution in [1.29, 1.82) is 0 Å². The molecule has 3 nitrogen and oxygen atoms in total. The number of carbonyl (C=O) groups excluding carboxylic acids is 1. The van der Waals surface area contributed by atoms with Gasteiger partial charge in [0.05, 0.1) is 6.10 Å². The van der Waals surface area contributed by atoms with Crippen molar-refractivity contribution in [2.45, 2.75) is 32.3 Å². The molecule has 1 amide bonds. The van der Waals surface area contributed by atoms with Crippen molar-refractivity contribution in [3.05, 3.63) is 22.4 Å². The molecule has 1 aromatic rings. The Morgan fingerprint density at radius 1 is 1.53 bits per heavy atom. The first-order valence-corrected chi connectivity index (χ1v) is 6.29. The van der Waals surface area contributed by atoms with Gasteiger partial charge in [0.2, 0.25) is 5.91 Å². The van der Waals surface area contributed by atoms with Crippen molar-refractivity contribution in [2.24, 2.45) is 0 Å². The van der Waals surface area contributed by atoms with Gasteiger partial charge in [-0.05, 0) is 31.4 Å². The number of benzene rings is 1. The van der Waals surface area contributed by atoms with Crippen molar-refractivity contribution < 1.29 is 13.9 Å². The van der Waals surface area contributed by atoms with Gasteiger partial charge in [-0.3, -0.25) is 4.79 Å². The van der Waals surface area contributed by atoms with E-state index in [1.54, 1.807) is 6.07 Å². The van der Waals surface area contributed by atoms with Crippen LogP contribution in [0.15, 0.2) is 16.6 Å². The van der Waals surface area contributed by atoms with Crippen LogP contribution in [0.2, 0.25) is 0 Å². The highest BCUT2D eigenvalue weighted by atomic mass is 79.9. The second-order valence-corrected chi connectivity index (χ2v) is 5.03. The lowest BCUT2D eigenvalue weighted by atomic mass is 9.96. The van der Waals surface area contributed by atoms with E-state index in [-0.39, 0.29) is 17.7 Å². The Hall–Kier alpha value is -1.10. The van der Waals surface area contributed by atoms with Gasteiger partial charge in [-0.15, -0.1) is 0 Å². The fourth-order valence-corrected chi connectivity index (χ4v) is 2.02. The minimum atomic E-state index is -0.496. The molecule has 1 aromatic carbocycles. The van der Waals surface area contributed by atoms with Gasteiger partial charge in [-0.1, -0.05) is 15.9 Å². The molecule has 2 rings (SSSR count). The van der Waals surface area contributed by atoms with E-state index in [0.717, 1.165) is 19.3 Å². The van der Waals surface area contributed by atoms with Crippen LogP contribution < -0.4 is 10.1 Å². The van der Waals surface area contributed by atoms with Crippen LogP contribution in [0.1, 0.15) is 26.2 Å². The maximum atomic E-state index is 13.7. The first kappa shape index (κ1) is 12.4. The van der Waals surface area contributed by atoms with Crippen LogP contribution in [0.3, 0.4) is 0 Å². The molecule has 0 atom stereocenters. The third-order valence-corrected chi connectivity index (χ3v) is 3.12. The minimum Gasteiger partial charge on any atom is -0.488 e. The van der Waals surface area contributed by atoms with Crippen molar-refractivity contribution in [3.63, 3.8) is 0 Å². The quantitative estimate of drug-likeness (QED) is 0.928. The summed E-state index contributed by atoms with van der Waals surface area (Å²) in [5.74, 6) is -0.426. The number of hydrogen-bond donors (Lipinski definition) is 1. The molecule has 1 aliphatic carbocycles. The van der Waals surface area contributed by atoms with E-state index in [9.17, 15) is 9.18 Å². The van der Waals surface area contributed by atoms with Crippen LogP contribution in [-0.2, 0) is 4.79 Å². The summed E-state index contributed by atoms with van der Waals surface area (Å²) in [5.41, 5.74) is 0.118. The Bertz CT molecular complexity index is 446. The van der Waals surface area contributed by atoms with Crippen LogP contribution in [0.5, 0.6) is 5.75 Å². The molecule has 0 spiro atoms. The zero-order valence-electron chi connectivity index (χ0n) is 9.43. The molecule has 0 bridgehead atoms. The standard InChI is InChI=1S/C12H13BrFNO2/c1-7(16)15-12-10(14)5-8(13)6-11(12)17-9-3-2-4-9/h5-6,9H,2-4H2,1H3,(H,15,16). The summed E-state index contributed by atoms with van der Waals surface area (Å²) in [4.78, 5) is 11.0. The fourth-order valence-electron chi connectivity index (χ4n) is 1.61. The highest BCUT2D eigenvalue weighted by molar-refractivity contribution is 9.10. The smallest absolute Gasteiger partial charge is 0.221 e. The number of anilines is 1. The monoisotopic (exact) mass is 301 g/mol. The van der Waals surface area contributed by atoms with Crippen molar-refractivity contribution in [3.8, 4) is 5.75 Å². The highest BCUT2D eigenvalue weighted by Gasteiger charge is 2.22. The predicted octanol–water partition coefficient (Wildman–Crippen LogP) is 3.48. The van der Waals surface area contributed by atoms with Gasteiger partial charge >= 0.3 is 0 Å². The zero-order valence-corrected chi connectivity index (χ0v) is 11.0. The van der Waals surface area contributed by atoms with Crippen LogP contribution in [0.25, 0.3) is 0 Å². The number of amides is 1. The van der Waals surface area contributed by atoms with Gasteiger partial charge in [0.15, 0.2) is 5.82 Å². The summed E-state index contributed by atoms with van der Waals surface area (Å²) < 4.78 is 20.0. The highest BCUT2D eigenvalue weighted by Crippen LogP contribution is 2.35. The number of nitrogens with one attached hydrogen (secondary N) is 1. The molecule has 1 N–H and O–H groups in total. The second kappa shape index (κ2) is 5.04. The Morgan fingerprint density at radius 3 is 2.76 bits per heavy atom. The summed E-state index contributed by atoms with van der Waals surface area (Å²) >= 11 is 3.21. The van der Waals surface area contributed by atoms with Crippen LogP contribution in [0, 0.1) is 5.82 Å². The average Bonchev–Trinajstić information content (AvgIpc) is 2.16. The van der Waals surface area contributed by atoms with E-state index >= 15 is 0 Å². The molecule has 0 radical (unpaired) electrons. The van der Waals surface area contributed by atoms with E-state index < -0.39 is 5.82 Å². The summed E-state index contributed by atoms with van der Waals surface area (Å²) in [7, 11) is 0. The fraction of sp³-hybridized carbons (Fsp3) is 0.417. The SMILES string of the molecule is CC(=O)Nc1c(F)cc(Br)cc1OC1CCC1. The molecule has 1 fully saturated rings. The molecular formula is C12H13BrFNO2. The molecule has 1 saturated carbocycles. The molecule has 0 unspecified atom stereocenters. The van der Waals surface area contributed by atoms with E-state index in [0.29, 0.717) is 10.2 Å². The summed E-state index contributed by atoms with van der Waals surface area (Å²) in [5, 5.41) is 2.46. The van der Waals surface area contributed by atoms with Gasteiger partial charge in [-0.2, -0.15) is 0 Å². The normalized spacial score (nSPS) is 15.2. The lowest BCUT2D eigenvalue weighted by Gasteiger charge is -2.27. The summed E-state index contributed by atoms with van der Waals surface area (Å²) in [6, 6.07) is 2.98. The van der Waals surface area contributed by atoms with Crippen molar-refractivity contribution >= 4 is 27.5 Å². The number of hydrogen-bond acceptors (Lipinski definition) is 2. The molecule has 17 heavy (non-hydrogen) atoms. The number of halogens is 2. The molecule has 0 aromatic heterocycles. The Balaban J connectivity index is 2.28. The lowest BCUT2D eigenvalue weighted by molar-refractivity contribution is -0.114. The van der Waals surface area contributed by atoms with Crippen LogP contribution >= 0.6 is 15.9 Å². The minimum absolute atomic E-state index is 0.118. The van der Waals surface area contributed by atoms with Gasteiger partial charge < -0.3 is 10.1 Å². The van der Waals surface area contributed by atoms with Gasteiger partial charge in [0.25, 0.3) is 0 Å².